The molecule has 0 radical (unpaired) electrons. The number of anilines is 1. The lowest BCUT2D eigenvalue weighted by Gasteiger charge is -2.20. The minimum absolute atomic E-state index is 0.110. The van der Waals surface area contributed by atoms with Gasteiger partial charge in [-0.2, -0.15) is 0 Å². The molecule has 1 aliphatic heterocycles. The van der Waals surface area contributed by atoms with Gasteiger partial charge in [-0.05, 0) is 60.6 Å². The van der Waals surface area contributed by atoms with E-state index in [2.05, 4.69) is 70.5 Å². The Morgan fingerprint density at radius 3 is 2.07 bits per heavy atom. The van der Waals surface area contributed by atoms with Gasteiger partial charge < -0.3 is 20.6 Å². The number of nitrogens with one attached hydrogen (secondary N) is 2. The van der Waals surface area contributed by atoms with E-state index in [1.54, 1.807) is 6.07 Å². The van der Waals surface area contributed by atoms with Gasteiger partial charge >= 0.3 is 5.97 Å². The van der Waals surface area contributed by atoms with E-state index in [-0.39, 0.29) is 17.7 Å². The number of thiophene rings is 1. The maximum Gasteiger partial charge on any atom is 0.325 e. The lowest BCUT2D eigenvalue weighted by atomic mass is 9.95. The van der Waals surface area contributed by atoms with Crippen molar-refractivity contribution in [3.8, 4) is 22.5 Å². The van der Waals surface area contributed by atoms with E-state index >= 15 is 0 Å². The molecule has 2 atom stereocenters. The molecule has 2 aromatic carbocycles. The Morgan fingerprint density at radius 1 is 0.867 bits per heavy atom. The Morgan fingerprint density at radius 2 is 1.49 bits per heavy atom. The smallest absolute Gasteiger partial charge is 0.325 e. The highest BCUT2D eigenvalue weighted by molar-refractivity contribution is 7.14. The second kappa shape index (κ2) is 13.6. The number of carboxylic acid groups (broad SMARTS) is 1. The molecule has 234 valence electrons. The molecule has 0 bridgehead atoms. The van der Waals surface area contributed by atoms with Gasteiger partial charge in [-0.15, -0.1) is 11.3 Å². The topological polar surface area (TPSA) is 125 Å². The first kappa shape index (κ1) is 31.8. The molecule has 0 spiro atoms. The maximum atomic E-state index is 13.1. The largest absolute Gasteiger partial charge is 0.480 e. The Labute approximate surface area is 267 Å². The highest BCUT2D eigenvalue weighted by Gasteiger charge is 2.26. The molecular formula is C35H39N5O4S. The second-order valence-corrected chi connectivity index (χ2v) is 13.5. The zero-order valence-electron chi connectivity index (χ0n) is 26.0. The number of benzene rings is 2. The highest BCUT2D eigenvalue weighted by atomic mass is 32.1. The van der Waals surface area contributed by atoms with Crippen molar-refractivity contribution >= 4 is 34.8 Å². The molecule has 2 amide bonds. The second-order valence-electron chi connectivity index (χ2n) is 12.4. The quantitative estimate of drug-likeness (QED) is 0.207. The van der Waals surface area contributed by atoms with Crippen LogP contribution < -0.4 is 15.5 Å². The van der Waals surface area contributed by atoms with Crippen LogP contribution in [0.15, 0.2) is 73.1 Å². The summed E-state index contributed by atoms with van der Waals surface area (Å²) in [5.41, 5.74) is 4.72. The van der Waals surface area contributed by atoms with E-state index in [1.807, 2.05) is 42.7 Å². The van der Waals surface area contributed by atoms with Crippen molar-refractivity contribution in [1.82, 2.24) is 20.6 Å². The highest BCUT2D eigenvalue weighted by Crippen LogP contribution is 2.30. The molecule has 0 saturated carbocycles. The van der Waals surface area contributed by atoms with Crippen LogP contribution in [0.1, 0.15) is 60.6 Å². The molecule has 1 aliphatic rings. The third kappa shape index (κ3) is 7.94. The number of carboxylic acids is 1. The van der Waals surface area contributed by atoms with Crippen LogP contribution in [0, 0.1) is 0 Å². The van der Waals surface area contributed by atoms with E-state index in [0.29, 0.717) is 10.7 Å². The van der Waals surface area contributed by atoms with Crippen molar-refractivity contribution in [2.24, 2.45) is 0 Å². The van der Waals surface area contributed by atoms with E-state index in [4.69, 9.17) is 0 Å². The number of carbonyl (C=O) groups excluding carboxylic acids is 2. The van der Waals surface area contributed by atoms with Crippen LogP contribution in [0.25, 0.3) is 22.5 Å². The van der Waals surface area contributed by atoms with Crippen LogP contribution in [0.3, 0.4) is 0 Å². The van der Waals surface area contributed by atoms with E-state index in [9.17, 15) is 19.5 Å². The Balaban J connectivity index is 1.27. The fourth-order valence-electron chi connectivity index (χ4n) is 5.17. The molecule has 9 nitrogen and oxygen atoms in total. The fourth-order valence-corrected chi connectivity index (χ4v) is 6.14. The van der Waals surface area contributed by atoms with E-state index in [1.165, 1.54) is 36.8 Å². The first-order valence-corrected chi connectivity index (χ1v) is 16.0. The van der Waals surface area contributed by atoms with Gasteiger partial charge in [0.1, 0.15) is 12.1 Å². The van der Waals surface area contributed by atoms with Gasteiger partial charge in [-0.3, -0.25) is 14.4 Å². The van der Waals surface area contributed by atoms with Gasteiger partial charge in [0.15, 0.2) is 5.82 Å². The van der Waals surface area contributed by atoms with Gasteiger partial charge in [-0.25, -0.2) is 9.97 Å². The summed E-state index contributed by atoms with van der Waals surface area (Å²) < 4.78 is 0. The van der Waals surface area contributed by atoms with Crippen LogP contribution in [-0.4, -0.2) is 58.0 Å². The van der Waals surface area contributed by atoms with Crippen LogP contribution in [0.2, 0.25) is 0 Å². The predicted octanol–water partition coefficient (Wildman–Crippen LogP) is 5.70. The third-order valence-electron chi connectivity index (χ3n) is 7.90. The third-order valence-corrected chi connectivity index (χ3v) is 9.41. The van der Waals surface area contributed by atoms with Gasteiger partial charge in [0, 0.05) is 53.6 Å². The number of amides is 2. The number of hydrogen-bond acceptors (Lipinski definition) is 7. The molecule has 45 heavy (non-hydrogen) atoms. The average molecular weight is 626 g/mol. The fraction of sp³-hybridized carbons (Fsp3) is 0.343. The molecule has 2 aromatic heterocycles. The normalized spacial score (nSPS) is 14.5. The molecule has 1 saturated heterocycles. The SMILES string of the molecule is C[C@@H](NC(=O)[C@H](Cc1ccc(-c2ncc(-c3ccc(N4CCCC4)cc3)cn2)cc1)NC(=O)c1ccc(C(C)(C)C)s1)C(=O)O. The van der Waals surface area contributed by atoms with Crippen LogP contribution in [0.4, 0.5) is 5.69 Å². The number of rotatable bonds is 10. The van der Waals surface area contributed by atoms with Crippen molar-refractivity contribution in [2.45, 2.75) is 64.5 Å². The van der Waals surface area contributed by atoms with Gasteiger partial charge in [-0.1, -0.05) is 57.2 Å². The first-order valence-electron chi connectivity index (χ1n) is 15.2. The molecule has 1 fully saturated rings. The van der Waals surface area contributed by atoms with Gasteiger partial charge in [0.05, 0.1) is 4.88 Å². The summed E-state index contributed by atoms with van der Waals surface area (Å²) in [7, 11) is 0. The molecular weight excluding hydrogens is 586 g/mol. The van der Waals surface area contributed by atoms with Crippen LogP contribution in [0.5, 0.6) is 0 Å². The number of aliphatic carboxylic acids is 1. The molecule has 4 aromatic rings. The van der Waals surface area contributed by atoms with Crippen molar-refractivity contribution in [2.75, 3.05) is 18.0 Å². The summed E-state index contributed by atoms with van der Waals surface area (Å²) in [6.45, 7) is 9.81. The summed E-state index contributed by atoms with van der Waals surface area (Å²) in [4.78, 5) is 50.7. The zero-order valence-corrected chi connectivity index (χ0v) is 26.9. The number of aromatic nitrogens is 2. The van der Waals surface area contributed by atoms with E-state index in [0.717, 1.165) is 40.2 Å². The maximum absolute atomic E-state index is 13.1. The molecule has 3 heterocycles. The summed E-state index contributed by atoms with van der Waals surface area (Å²) in [5, 5.41) is 14.6. The van der Waals surface area contributed by atoms with Gasteiger partial charge in [0.25, 0.3) is 5.91 Å². The summed E-state index contributed by atoms with van der Waals surface area (Å²) in [5.74, 6) is -1.53. The van der Waals surface area contributed by atoms with Crippen LogP contribution in [-0.2, 0) is 21.4 Å². The number of hydrogen-bond donors (Lipinski definition) is 3. The molecule has 0 aliphatic carbocycles. The summed E-state index contributed by atoms with van der Waals surface area (Å²) in [6.07, 6.45) is 6.29. The Bertz CT molecular complexity index is 1640. The average Bonchev–Trinajstić information content (AvgIpc) is 3.75. The van der Waals surface area contributed by atoms with Crippen molar-refractivity contribution in [3.63, 3.8) is 0 Å². The van der Waals surface area contributed by atoms with Crippen molar-refractivity contribution in [3.05, 3.63) is 88.4 Å². The number of carbonyl (C=O) groups is 3. The predicted molar refractivity (Wildman–Crippen MR) is 178 cm³/mol. The standard InChI is InChI=1S/C35H39N5O4S/c1-22(34(43)44)38-32(41)28(39-33(42)29-15-16-30(45-29)35(2,3)4)19-23-7-9-25(10-8-23)31-36-20-26(21-37-31)24-11-13-27(14-12-24)40-17-5-6-18-40/h7-16,20-22,28H,5-6,17-19H2,1-4H3,(H,38,41)(H,39,42)(H,43,44)/t22-,28+/m1/s1. The molecule has 10 heteroatoms. The summed E-state index contributed by atoms with van der Waals surface area (Å²) >= 11 is 1.38. The minimum atomic E-state index is -1.16. The molecule has 5 rings (SSSR count). The Hall–Kier alpha value is -4.57. The molecule has 3 N–H and O–H groups in total. The van der Waals surface area contributed by atoms with Crippen LogP contribution >= 0.6 is 11.3 Å². The lowest BCUT2D eigenvalue weighted by molar-refractivity contribution is -0.141. The van der Waals surface area contributed by atoms with Crippen molar-refractivity contribution < 1.29 is 19.5 Å². The van der Waals surface area contributed by atoms with Gasteiger partial charge in [0.2, 0.25) is 5.91 Å². The van der Waals surface area contributed by atoms with E-state index < -0.39 is 24.0 Å². The monoisotopic (exact) mass is 625 g/mol. The molecule has 0 unspecified atom stereocenters. The minimum Gasteiger partial charge on any atom is -0.480 e. The first-order chi connectivity index (χ1) is 21.5. The zero-order chi connectivity index (χ0) is 32.1. The Kier molecular flexibility index (Phi) is 9.63. The number of nitrogens with zero attached hydrogens (tertiary/aromatic N) is 3. The lowest BCUT2D eigenvalue weighted by Crippen LogP contribution is -2.51. The van der Waals surface area contributed by atoms with Crippen molar-refractivity contribution in [1.29, 1.82) is 0 Å². The summed E-state index contributed by atoms with van der Waals surface area (Å²) in [6, 6.07) is 17.6.